The predicted octanol–water partition coefficient (Wildman–Crippen LogP) is -0.898. The van der Waals surface area contributed by atoms with Crippen LogP contribution in [0.3, 0.4) is 0 Å². The average Bonchev–Trinajstić information content (AvgIpc) is 2.36. The van der Waals surface area contributed by atoms with Gasteiger partial charge in [-0.15, -0.1) is 0 Å². The molecule has 0 aromatic rings. The Hall–Kier alpha value is -1.17. The number of hydrogen-bond acceptors (Lipinski definition) is 6. The highest BCUT2D eigenvalue weighted by Gasteiger charge is 2.37. The van der Waals surface area contributed by atoms with Crippen molar-refractivity contribution in [1.29, 1.82) is 5.26 Å². The molecule has 0 amide bonds. The second-order valence-corrected chi connectivity index (χ2v) is 5.81. The lowest BCUT2D eigenvalue weighted by Crippen LogP contribution is -2.49. The molecule has 0 aliphatic carbocycles. The molecule has 2 atom stereocenters. The first-order chi connectivity index (χ1) is 7.93. The van der Waals surface area contributed by atoms with Crippen molar-refractivity contribution in [3.05, 3.63) is 0 Å². The van der Waals surface area contributed by atoms with Gasteiger partial charge in [-0.25, -0.2) is 8.42 Å². The van der Waals surface area contributed by atoms with E-state index in [1.807, 2.05) is 6.07 Å². The van der Waals surface area contributed by atoms with Gasteiger partial charge >= 0.3 is 5.97 Å². The third-order valence-electron chi connectivity index (χ3n) is 2.51. The number of hydrogen-bond donors (Lipinski definition) is 0. The fraction of sp³-hybridized carbons (Fsp3) is 0.778. The number of carbonyl (C=O) groups excluding carboxylic acids is 1. The standard InChI is InChI=1S/C9H14N2O5S/c1-7(9(12)15-2)17(13,14)11-3-4-16-8(5-10)6-11/h7-8H,3-4,6H2,1-2H3. The Morgan fingerprint density at radius 2 is 2.29 bits per heavy atom. The molecule has 0 bridgehead atoms. The van der Waals surface area contributed by atoms with Gasteiger partial charge in [0.25, 0.3) is 0 Å². The molecular formula is C9H14N2O5S. The Morgan fingerprint density at radius 3 is 2.82 bits per heavy atom. The Balaban J connectivity index is 2.84. The quantitative estimate of drug-likeness (QED) is 0.612. The smallest absolute Gasteiger partial charge is 0.325 e. The van der Waals surface area contributed by atoms with Crippen molar-refractivity contribution in [1.82, 2.24) is 4.31 Å². The number of sulfonamides is 1. The van der Waals surface area contributed by atoms with Crippen molar-refractivity contribution in [3.63, 3.8) is 0 Å². The summed E-state index contributed by atoms with van der Waals surface area (Å²) >= 11 is 0. The van der Waals surface area contributed by atoms with Crippen LogP contribution in [0.15, 0.2) is 0 Å². The molecule has 0 saturated carbocycles. The van der Waals surface area contributed by atoms with E-state index in [9.17, 15) is 13.2 Å². The Bertz CT molecular complexity index is 427. The van der Waals surface area contributed by atoms with Gasteiger partial charge in [0.05, 0.1) is 26.3 Å². The highest BCUT2D eigenvalue weighted by molar-refractivity contribution is 7.90. The summed E-state index contributed by atoms with van der Waals surface area (Å²) in [5, 5.41) is 7.41. The first-order valence-electron chi connectivity index (χ1n) is 5.01. The number of rotatable bonds is 3. The number of morpholine rings is 1. The van der Waals surface area contributed by atoms with E-state index in [0.717, 1.165) is 11.4 Å². The van der Waals surface area contributed by atoms with Crippen LogP contribution in [-0.4, -0.2) is 56.9 Å². The monoisotopic (exact) mass is 262 g/mol. The summed E-state index contributed by atoms with van der Waals surface area (Å²) < 4.78 is 34.5. The van der Waals surface area contributed by atoms with Crippen LogP contribution in [0.2, 0.25) is 0 Å². The molecule has 0 radical (unpaired) electrons. The maximum absolute atomic E-state index is 12.0. The topological polar surface area (TPSA) is 96.7 Å². The fourth-order valence-corrected chi connectivity index (χ4v) is 2.90. The fourth-order valence-electron chi connectivity index (χ4n) is 1.45. The molecular weight excluding hydrogens is 248 g/mol. The molecule has 96 valence electrons. The second kappa shape index (κ2) is 5.44. The average molecular weight is 262 g/mol. The zero-order chi connectivity index (χ0) is 13.1. The van der Waals surface area contributed by atoms with Crippen LogP contribution < -0.4 is 0 Å². The summed E-state index contributed by atoms with van der Waals surface area (Å²) in [6.45, 7) is 1.49. The largest absolute Gasteiger partial charge is 0.468 e. The molecule has 0 aromatic heterocycles. The van der Waals surface area contributed by atoms with Gasteiger partial charge in [-0.3, -0.25) is 4.79 Å². The van der Waals surface area contributed by atoms with Gasteiger partial charge in [0, 0.05) is 6.54 Å². The SMILES string of the molecule is COC(=O)C(C)S(=O)(=O)N1CCOC(C#N)C1. The van der Waals surface area contributed by atoms with Crippen LogP contribution in [0.4, 0.5) is 0 Å². The maximum Gasteiger partial charge on any atom is 0.325 e. The molecule has 2 unspecified atom stereocenters. The summed E-state index contributed by atoms with van der Waals surface area (Å²) in [6.07, 6.45) is -0.789. The highest BCUT2D eigenvalue weighted by Crippen LogP contribution is 2.15. The zero-order valence-corrected chi connectivity index (χ0v) is 10.4. The predicted molar refractivity (Wildman–Crippen MR) is 57.3 cm³/mol. The minimum absolute atomic E-state index is 0.0554. The lowest BCUT2D eigenvalue weighted by atomic mass is 10.3. The molecule has 0 aromatic carbocycles. The van der Waals surface area contributed by atoms with Gasteiger partial charge in [0.2, 0.25) is 10.0 Å². The summed E-state index contributed by atoms with van der Waals surface area (Å²) in [7, 11) is -2.66. The number of nitrogens with zero attached hydrogens (tertiary/aromatic N) is 2. The summed E-state index contributed by atoms with van der Waals surface area (Å²) in [6, 6.07) is 1.84. The third-order valence-corrected chi connectivity index (χ3v) is 4.65. The lowest BCUT2D eigenvalue weighted by Gasteiger charge is -2.30. The van der Waals surface area contributed by atoms with E-state index in [1.54, 1.807) is 0 Å². The van der Waals surface area contributed by atoms with Crippen LogP contribution in [0.1, 0.15) is 6.92 Å². The van der Waals surface area contributed by atoms with E-state index in [1.165, 1.54) is 6.92 Å². The van der Waals surface area contributed by atoms with Gasteiger partial charge in [-0.1, -0.05) is 0 Å². The molecule has 1 heterocycles. The molecule has 1 rings (SSSR count). The van der Waals surface area contributed by atoms with Crippen molar-refractivity contribution in [3.8, 4) is 6.07 Å². The van der Waals surface area contributed by atoms with E-state index in [4.69, 9.17) is 10.00 Å². The minimum Gasteiger partial charge on any atom is -0.468 e. The van der Waals surface area contributed by atoms with E-state index in [2.05, 4.69) is 4.74 Å². The normalized spacial score (nSPS) is 23.7. The molecule has 1 fully saturated rings. The summed E-state index contributed by atoms with van der Waals surface area (Å²) in [4.78, 5) is 11.2. The number of carbonyl (C=O) groups is 1. The van der Waals surface area contributed by atoms with Crippen molar-refractivity contribution < 1.29 is 22.7 Å². The molecule has 1 aliphatic rings. The van der Waals surface area contributed by atoms with Crippen LogP contribution in [-0.2, 0) is 24.3 Å². The summed E-state index contributed by atoms with van der Waals surface area (Å²) in [5.74, 6) is -0.815. The van der Waals surface area contributed by atoms with Crippen LogP contribution in [0.25, 0.3) is 0 Å². The van der Waals surface area contributed by atoms with Crippen LogP contribution in [0, 0.1) is 11.3 Å². The van der Waals surface area contributed by atoms with E-state index >= 15 is 0 Å². The number of nitriles is 1. The highest BCUT2D eigenvalue weighted by atomic mass is 32.2. The Labute approximate surface area is 100.0 Å². The first kappa shape index (κ1) is 13.9. The van der Waals surface area contributed by atoms with Crippen LogP contribution >= 0.6 is 0 Å². The molecule has 0 N–H and O–H groups in total. The zero-order valence-electron chi connectivity index (χ0n) is 9.62. The van der Waals surface area contributed by atoms with Gasteiger partial charge < -0.3 is 9.47 Å². The number of ether oxygens (including phenoxy) is 2. The van der Waals surface area contributed by atoms with E-state index < -0.39 is 27.3 Å². The first-order valence-corrected chi connectivity index (χ1v) is 6.51. The molecule has 1 aliphatic heterocycles. The Morgan fingerprint density at radius 1 is 1.65 bits per heavy atom. The second-order valence-electron chi connectivity index (χ2n) is 3.56. The van der Waals surface area contributed by atoms with Gasteiger partial charge in [0.1, 0.15) is 0 Å². The lowest BCUT2D eigenvalue weighted by molar-refractivity contribution is -0.139. The van der Waals surface area contributed by atoms with Crippen molar-refractivity contribution in [2.24, 2.45) is 0 Å². The molecule has 1 saturated heterocycles. The molecule has 17 heavy (non-hydrogen) atoms. The Kier molecular flexibility index (Phi) is 4.45. The van der Waals surface area contributed by atoms with Crippen LogP contribution in [0.5, 0.6) is 0 Å². The van der Waals surface area contributed by atoms with Gasteiger partial charge in [-0.2, -0.15) is 9.57 Å². The molecule has 7 nitrogen and oxygen atoms in total. The summed E-state index contributed by atoms with van der Waals surface area (Å²) in [5.41, 5.74) is 0. The molecule has 0 spiro atoms. The minimum atomic E-state index is -3.79. The van der Waals surface area contributed by atoms with E-state index in [-0.39, 0.29) is 19.7 Å². The molecule has 8 heteroatoms. The van der Waals surface area contributed by atoms with Gasteiger partial charge in [-0.05, 0) is 6.92 Å². The third kappa shape index (κ3) is 2.94. The van der Waals surface area contributed by atoms with Crippen molar-refractivity contribution in [2.45, 2.75) is 18.3 Å². The maximum atomic E-state index is 12.0. The van der Waals surface area contributed by atoms with E-state index in [0.29, 0.717) is 0 Å². The van der Waals surface area contributed by atoms with Gasteiger partial charge in [0.15, 0.2) is 11.4 Å². The van der Waals surface area contributed by atoms with Crippen molar-refractivity contribution in [2.75, 3.05) is 26.8 Å². The number of methoxy groups -OCH3 is 1. The number of esters is 1. The van der Waals surface area contributed by atoms with Crippen molar-refractivity contribution >= 4 is 16.0 Å².